The first-order valence-corrected chi connectivity index (χ1v) is 10.5. The van der Waals surface area contributed by atoms with E-state index in [1.54, 1.807) is 24.7 Å². The van der Waals surface area contributed by atoms with Crippen molar-refractivity contribution in [2.75, 3.05) is 0 Å². The number of rotatable bonds is 4. The molecule has 0 radical (unpaired) electrons. The van der Waals surface area contributed by atoms with Crippen molar-refractivity contribution >= 4 is 34.1 Å². The van der Waals surface area contributed by atoms with Gasteiger partial charge in [-0.05, 0) is 59.0 Å². The summed E-state index contributed by atoms with van der Waals surface area (Å²) in [6.45, 7) is 0. The second kappa shape index (κ2) is 7.57. The number of aromatic nitrogens is 3. The minimum Gasteiger partial charge on any atom is -0.374 e. The van der Waals surface area contributed by atoms with Crippen LogP contribution < -0.4 is 0 Å². The fourth-order valence-corrected chi connectivity index (χ4v) is 4.37. The summed E-state index contributed by atoms with van der Waals surface area (Å²) >= 11 is 12.3. The fraction of sp³-hybridized carbons (Fsp3) is 0.0800. The number of hydrogen-bond donors (Lipinski definition) is 1. The van der Waals surface area contributed by atoms with Gasteiger partial charge in [-0.2, -0.15) is 0 Å². The smallest absolute Gasteiger partial charge is 0.156 e. The maximum absolute atomic E-state index is 12.2. The van der Waals surface area contributed by atoms with E-state index < -0.39 is 5.60 Å². The number of aliphatic hydroxyl groups is 1. The maximum atomic E-state index is 12.2. The van der Waals surface area contributed by atoms with Gasteiger partial charge in [0.25, 0.3) is 0 Å². The molecule has 0 aliphatic rings. The highest BCUT2D eigenvalue weighted by Crippen LogP contribution is 2.38. The highest BCUT2D eigenvalue weighted by molar-refractivity contribution is 6.31. The number of benzene rings is 3. The van der Waals surface area contributed by atoms with E-state index >= 15 is 0 Å². The van der Waals surface area contributed by atoms with Crippen LogP contribution in [-0.2, 0) is 12.6 Å². The van der Waals surface area contributed by atoms with Crippen LogP contribution in [0.4, 0.5) is 0 Å². The third kappa shape index (κ3) is 3.33. The van der Waals surface area contributed by atoms with Gasteiger partial charge < -0.3 is 14.2 Å². The van der Waals surface area contributed by atoms with E-state index in [0.717, 1.165) is 22.2 Å². The Bertz CT molecular complexity index is 1390. The Morgan fingerprint density at radius 1 is 0.871 bits per heavy atom. The van der Waals surface area contributed by atoms with Crippen molar-refractivity contribution in [3.63, 3.8) is 0 Å². The van der Waals surface area contributed by atoms with Gasteiger partial charge in [-0.15, -0.1) is 0 Å². The summed E-state index contributed by atoms with van der Waals surface area (Å²) in [5.74, 6) is 0. The lowest BCUT2D eigenvalue weighted by atomic mass is 9.83. The van der Waals surface area contributed by atoms with Gasteiger partial charge in [0.05, 0.1) is 23.7 Å². The molecule has 154 valence electrons. The fourth-order valence-electron chi connectivity index (χ4n) is 4.06. The molecular formula is C25H19Cl2N3O. The summed E-state index contributed by atoms with van der Waals surface area (Å²) in [4.78, 5) is 4.24. The maximum Gasteiger partial charge on any atom is 0.156 e. The van der Waals surface area contributed by atoms with Gasteiger partial charge in [0.1, 0.15) is 0 Å². The van der Waals surface area contributed by atoms with Gasteiger partial charge >= 0.3 is 0 Å². The molecule has 1 N–H and O–H groups in total. The van der Waals surface area contributed by atoms with Gasteiger partial charge in [0, 0.05) is 29.0 Å². The standard InChI is InChI=1S/C25H19Cl2N3O/c1-29-16-28-15-24(29)25(31,18-7-9-20(26)10-8-18)19-6-5-17-11-12-30(23(17)13-19)22-4-2-3-21(27)14-22/h2-16,31H,1H3. The Labute approximate surface area is 189 Å². The highest BCUT2D eigenvalue weighted by Gasteiger charge is 2.36. The van der Waals surface area contributed by atoms with Gasteiger partial charge in [-0.25, -0.2) is 4.98 Å². The number of nitrogens with zero attached hydrogens (tertiary/aromatic N) is 3. The molecule has 5 aromatic rings. The molecule has 2 heterocycles. The Kier molecular flexibility index (Phi) is 4.86. The molecule has 1 atom stereocenters. The number of fused-ring (bicyclic) bond motifs is 1. The molecule has 0 saturated heterocycles. The summed E-state index contributed by atoms with van der Waals surface area (Å²) in [5.41, 5.74) is 2.61. The van der Waals surface area contributed by atoms with Crippen molar-refractivity contribution in [3.05, 3.63) is 118 Å². The summed E-state index contributed by atoms with van der Waals surface area (Å²) in [7, 11) is 1.87. The van der Waals surface area contributed by atoms with Crippen LogP contribution >= 0.6 is 23.2 Å². The molecule has 0 amide bonds. The first-order chi connectivity index (χ1) is 15.0. The number of aryl methyl sites for hydroxylation is 1. The third-order valence-electron chi connectivity index (χ3n) is 5.65. The molecule has 6 heteroatoms. The minimum atomic E-state index is -1.41. The Morgan fingerprint density at radius 3 is 2.35 bits per heavy atom. The largest absolute Gasteiger partial charge is 0.374 e. The van der Waals surface area contributed by atoms with E-state index in [1.807, 2.05) is 78.5 Å². The Morgan fingerprint density at radius 2 is 1.65 bits per heavy atom. The van der Waals surface area contributed by atoms with Gasteiger partial charge in [0.2, 0.25) is 0 Å². The van der Waals surface area contributed by atoms with E-state index in [-0.39, 0.29) is 0 Å². The predicted molar refractivity (Wildman–Crippen MR) is 125 cm³/mol. The lowest BCUT2D eigenvalue weighted by Gasteiger charge is -2.30. The minimum absolute atomic E-state index is 0.612. The Balaban J connectivity index is 1.75. The molecule has 0 fully saturated rings. The summed E-state index contributed by atoms with van der Waals surface area (Å²) in [6, 6.07) is 23.0. The zero-order valence-corrected chi connectivity index (χ0v) is 18.2. The SMILES string of the molecule is Cn1cncc1C(O)(c1ccc(Cl)cc1)c1ccc2ccn(-c3cccc(Cl)c3)c2c1. The van der Waals surface area contributed by atoms with Crippen molar-refractivity contribution in [1.82, 2.24) is 14.1 Å². The second-order valence-corrected chi connectivity index (χ2v) is 8.42. The van der Waals surface area contributed by atoms with Crippen molar-refractivity contribution < 1.29 is 5.11 Å². The normalized spacial score (nSPS) is 13.4. The van der Waals surface area contributed by atoms with Crippen LogP contribution in [0.15, 0.2) is 91.5 Å². The summed E-state index contributed by atoms with van der Waals surface area (Å²) in [6.07, 6.45) is 5.38. The van der Waals surface area contributed by atoms with Crippen molar-refractivity contribution in [1.29, 1.82) is 0 Å². The molecular weight excluding hydrogens is 429 g/mol. The van der Waals surface area contributed by atoms with E-state index in [4.69, 9.17) is 23.2 Å². The summed E-state index contributed by atoms with van der Waals surface area (Å²) in [5, 5.41) is 14.5. The molecule has 2 aromatic heterocycles. The molecule has 1 unspecified atom stereocenters. The number of imidazole rings is 1. The van der Waals surface area contributed by atoms with E-state index in [2.05, 4.69) is 9.55 Å². The molecule has 31 heavy (non-hydrogen) atoms. The molecule has 0 spiro atoms. The predicted octanol–water partition coefficient (Wildman–Crippen LogP) is 5.96. The van der Waals surface area contributed by atoms with Crippen LogP contribution in [-0.4, -0.2) is 19.2 Å². The van der Waals surface area contributed by atoms with Gasteiger partial charge in [0.15, 0.2) is 5.60 Å². The van der Waals surface area contributed by atoms with E-state index in [9.17, 15) is 5.11 Å². The molecule has 0 aliphatic carbocycles. The molecule has 0 aliphatic heterocycles. The topological polar surface area (TPSA) is 43.0 Å². The van der Waals surface area contributed by atoms with Crippen molar-refractivity contribution in [3.8, 4) is 5.69 Å². The molecule has 4 nitrogen and oxygen atoms in total. The molecule has 3 aromatic carbocycles. The lowest BCUT2D eigenvalue weighted by molar-refractivity contribution is 0.117. The van der Waals surface area contributed by atoms with Crippen LogP contribution in [0.5, 0.6) is 0 Å². The van der Waals surface area contributed by atoms with Gasteiger partial charge in [-0.1, -0.05) is 53.5 Å². The van der Waals surface area contributed by atoms with Crippen LogP contribution in [0.25, 0.3) is 16.6 Å². The molecule has 0 bridgehead atoms. The average Bonchev–Trinajstić information content (AvgIpc) is 3.39. The van der Waals surface area contributed by atoms with Crippen LogP contribution in [0.3, 0.4) is 0 Å². The van der Waals surface area contributed by atoms with Crippen LogP contribution in [0.1, 0.15) is 16.8 Å². The zero-order chi connectivity index (χ0) is 21.6. The summed E-state index contributed by atoms with van der Waals surface area (Å²) < 4.78 is 3.89. The molecule has 0 saturated carbocycles. The van der Waals surface area contributed by atoms with Crippen molar-refractivity contribution in [2.24, 2.45) is 7.05 Å². The number of hydrogen-bond acceptors (Lipinski definition) is 2. The first kappa shape index (κ1) is 19.9. The second-order valence-electron chi connectivity index (χ2n) is 7.55. The average molecular weight is 448 g/mol. The third-order valence-corrected chi connectivity index (χ3v) is 6.13. The quantitative estimate of drug-likeness (QED) is 0.369. The Hall–Kier alpha value is -3.05. The van der Waals surface area contributed by atoms with Crippen molar-refractivity contribution in [2.45, 2.75) is 5.60 Å². The van der Waals surface area contributed by atoms with Crippen LogP contribution in [0.2, 0.25) is 10.0 Å². The first-order valence-electron chi connectivity index (χ1n) is 9.79. The molecule has 5 rings (SSSR count). The van der Waals surface area contributed by atoms with E-state index in [0.29, 0.717) is 21.3 Å². The lowest BCUT2D eigenvalue weighted by Crippen LogP contribution is -2.31. The monoisotopic (exact) mass is 447 g/mol. The van der Waals surface area contributed by atoms with Gasteiger partial charge in [-0.3, -0.25) is 0 Å². The van der Waals surface area contributed by atoms with E-state index in [1.165, 1.54) is 0 Å². The highest BCUT2D eigenvalue weighted by atomic mass is 35.5. The number of halogens is 2. The zero-order valence-electron chi connectivity index (χ0n) is 16.7. The van der Waals surface area contributed by atoms with Crippen LogP contribution in [0, 0.1) is 0 Å².